The van der Waals surface area contributed by atoms with Gasteiger partial charge in [0, 0.05) is 17.3 Å². The van der Waals surface area contributed by atoms with Crippen molar-refractivity contribution in [1.82, 2.24) is 9.38 Å². The summed E-state index contributed by atoms with van der Waals surface area (Å²) in [6.45, 7) is 3.87. The highest BCUT2D eigenvalue weighted by atomic mass is 16.4. The summed E-state index contributed by atoms with van der Waals surface area (Å²) in [5, 5.41) is 3.46. The highest BCUT2D eigenvalue weighted by molar-refractivity contribution is 6.07. The number of pyridine rings is 1. The standard InChI is InChI=1S/C19H15N3O3/c1-11-12(2)22-9-5-7-15(17(22)20-11)21-18(23)14-10-13-6-3-4-8-16(13)25-19(14)24/h3-10H,1-2H3,(H,21,23). The molecule has 6 nitrogen and oxygen atoms in total. The average molecular weight is 333 g/mol. The van der Waals surface area contributed by atoms with Crippen molar-refractivity contribution in [3.8, 4) is 0 Å². The number of aryl methyl sites for hydroxylation is 2. The van der Waals surface area contributed by atoms with Gasteiger partial charge in [0.05, 0.1) is 11.4 Å². The van der Waals surface area contributed by atoms with Gasteiger partial charge in [0.1, 0.15) is 11.1 Å². The number of carbonyl (C=O) groups is 1. The fourth-order valence-electron chi connectivity index (χ4n) is 2.81. The molecular weight excluding hydrogens is 318 g/mol. The summed E-state index contributed by atoms with van der Waals surface area (Å²) in [5.74, 6) is -0.522. The lowest BCUT2D eigenvalue weighted by Gasteiger charge is -2.07. The van der Waals surface area contributed by atoms with E-state index >= 15 is 0 Å². The first-order valence-electron chi connectivity index (χ1n) is 7.83. The van der Waals surface area contributed by atoms with Crippen molar-refractivity contribution in [2.75, 3.05) is 5.32 Å². The molecule has 124 valence electrons. The number of nitrogens with zero attached hydrogens (tertiary/aromatic N) is 2. The Bertz CT molecular complexity index is 1190. The van der Waals surface area contributed by atoms with Crippen LogP contribution in [-0.2, 0) is 0 Å². The Balaban J connectivity index is 1.77. The number of anilines is 1. The van der Waals surface area contributed by atoms with Crippen LogP contribution in [0.15, 0.2) is 57.9 Å². The second-order valence-electron chi connectivity index (χ2n) is 5.84. The van der Waals surface area contributed by atoms with E-state index in [1.54, 1.807) is 30.3 Å². The van der Waals surface area contributed by atoms with Gasteiger partial charge in [-0.3, -0.25) is 4.79 Å². The lowest BCUT2D eigenvalue weighted by Crippen LogP contribution is -2.21. The first-order valence-corrected chi connectivity index (χ1v) is 7.83. The first-order chi connectivity index (χ1) is 12.0. The fraction of sp³-hybridized carbons (Fsp3) is 0.105. The summed E-state index contributed by atoms with van der Waals surface area (Å²) in [6, 6.07) is 12.2. The molecule has 4 rings (SSSR count). The van der Waals surface area contributed by atoms with E-state index in [0.717, 1.165) is 11.4 Å². The van der Waals surface area contributed by atoms with E-state index in [0.29, 0.717) is 22.3 Å². The molecule has 0 bridgehead atoms. The molecule has 0 spiro atoms. The van der Waals surface area contributed by atoms with Gasteiger partial charge in [-0.15, -0.1) is 0 Å². The van der Waals surface area contributed by atoms with Crippen molar-refractivity contribution in [3.05, 3.63) is 76.0 Å². The highest BCUT2D eigenvalue weighted by Gasteiger charge is 2.16. The van der Waals surface area contributed by atoms with Gasteiger partial charge in [-0.25, -0.2) is 9.78 Å². The number of para-hydroxylation sites is 1. The Morgan fingerprint density at radius 2 is 1.96 bits per heavy atom. The third-order valence-corrected chi connectivity index (χ3v) is 4.26. The molecule has 0 atom stereocenters. The van der Waals surface area contributed by atoms with Crippen LogP contribution in [-0.4, -0.2) is 15.3 Å². The molecule has 4 aromatic rings. The SMILES string of the molecule is Cc1nc2c(NC(=O)c3cc4ccccc4oc3=O)cccn2c1C. The summed E-state index contributed by atoms with van der Waals surface area (Å²) in [6.07, 6.45) is 1.88. The van der Waals surface area contributed by atoms with Crippen molar-refractivity contribution in [3.63, 3.8) is 0 Å². The predicted octanol–water partition coefficient (Wildman–Crippen LogP) is 3.31. The molecular formula is C19H15N3O3. The predicted molar refractivity (Wildman–Crippen MR) is 95.1 cm³/mol. The average Bonchev–Trinajstić information content (AvgIpc) is 2.90. The first kappa shape index (κ1) is 15.1. The van der Waals surface area contributed by atoms with Crippen LogP contribution < -0.4 is 10.9 Å². The van der Waals surface area contributed by atoms with Gasteiger partial charge in [0.2, 0.25) is 0 Å². The molecule has 0 aliphatic rings. The minimum Gasteiger partial charge on any atom is -0.422 e. The van der Waals surface area contributed by atoms with Gasteiger partial charge in [-0.1, -0.05) is 18.2 Å². The number of benzene rings is 1. The molecule has 0 unspecified atom stereocenters. The van der Waals surface area contributed by atoms with E-state index in [4.69, 9.17) is 4.42 Å². The molecule has 1 aromatic carbocycles. The molecule has 6 heteroatoms. The Kier molecular flexibility index (Phi) is 3.39. The Hall–Kier alpha value is -3.41. The number of aromatic nitrogens is 2. The molecule has 0 saturated carbocycles. The van der Waals surface area contributed by atoms with Crippen LogP contribution in [0.4, 0.5) is 5.69 Å². The Labute approximate surface area is 142 Å². The largest absolute Gasteiger partial charge is 0.422 e. The van der Waals surface area contributed by atoms with Gasteiger partial charge in [0.25, 0.3) is 5.91 Å². The summed E-state index contributed by atoms with van der Waals surface area (Å²) in [7, 11) is 0. The summed E-state index contributed by atoms with van der Waals surface area (Å²) >= 11 is 0. The topological polar surface area (TPSA) is 76.6 Å². The van der Waals surface area contributed by atoms with E-state index in [1.807, 2.05) is 36.6 Å². The minimum atomic E-state index is -0.668. The molecule has 1 amide bonds. The maximum atomic E-state index is 12.6. The number of nitrogens with one attached hydrogen (secondary N) is 1. The van der Waals surface area contributed by atoms with E-state index in [9.17, 15) is 9.59 Å². The van der Waals surface area contributed by atoms with Crippen molar-refractivity contribution < 1.29 is 9.21 Å². The zero-order valence-electron chi connectivity index (χ0n) is 13.7. The van der Waals surface area contributed by atoms with Crippen LogP contribution in [0.25, 0.3) is 16.6 Å². The molecule has 0 saturated heterocycles. The molecule has 0 fully saturated rings. The number of carbonyl (C=O) groups excluding carboxylic acids is 1. The zero-order chi connectivity index (χ0) is 17.6. The van der Waals surface area contributed by atoms with E-state index in [-0.39, 0.29) is 5.56 Å². The highest BCUT2D eigenvalue weighted by Crippen LogP contribution is 2.20. The van der Waals surface area contributed by atoms with Crippen LogP contribution in [0.1, 0.15) is 21.7 Å². The molecule has 3 aromatic heterocycles. The van der Waals surface area contributed by atoms with Gasteiger partial charge in [-0.2, -0.15) is 0 Å². The third-order valence-electron chi connectivity index (χ3n) is 4.26. The normalized spacial score (nSPS) is 11.1. The maximum absolute atomic E-state index is 12.6. The van der Waals surface area contributed by atoms with Crippen LogP contribution in [0, 0.1) is 13.8 Å². The minimum absolute atomic E-state index is 0.0410. The van der Waals surface area contributed by atoms with Crippen LogP contribution >= 0.6 is 0 Å². The Morgan fingerprint density at radius 3 is 2.80 bits per heavy atom. The van der Waals surface area contributed by atoms with E-state index in [1.165, 1.54) is 0 Å². The number of amides is 1. The molecule has 1 N–H and O–H groups in total. The monoisotopic (exact) mass is 333 g/mol. The zero-order valence-corrected chi connectivity index (χ0v) is 13.7. The second kappa shape index (κ2) is 5.59. The molecule has 0 aliphatic carbocycles. The molecule has 3 heterocycles. The van der Waals surface area contributed by atoms with Crippen molar-refractivity contribution >= 4 is 28.2 Å². The van der Waals surface area contributed by atoms with E-state index < -0.39 is 11.5 Å². The van der Waals surface area contributed by atoms with Crippen molar-refractivity contribution in [2.45, 2.75) is 13.8 Å². The van der Waals surface area contributed by atoms with Crippen LogP contribution in [0.5, 0.6) is 0 Å². The third kappa shape index (κ3) is 2.48. The van der Waals surface area contributed by atoms with Gasteiger partial charge >= 0.3 is 5.63 Å². The lowest BCUT2D eigenvalue weighted by molar-refractivity contribution is 0.102. The number of rotatable bonds is 2. The van der Waals surface area contributed by atoms with Gasteiger partial charge in [0.15, 0.2) is 5.65 Å². The summed E-state index contributed by atoms with van der Waals surface area (Å²) < 4.78 is 7.12. The molecule has 0 radical (unpaired) electrons. The van der Waals surface area contributed by atoms with Gasteiger partial charge < -0.3 is 14.1 Å². The Morgan fingerprint density at radius 1 is 1.16 bits per heavy atom. The quantitative estimate of drug-likeness (QED) is 0.571. The van der Waals surface area contributed by atoms with Crippen LogP contribution in [0.3, 0.4) is 0 Å². The molecule has 0 aliphatic heterocycles. The summed E-state index contributed by atoms with van der Waals surface area (Å²) in [5.41, 5.74) is 2.79. The number of hydrogen-bond donors (Lipinski definition) is 1. The fourth-order valence-corrected chi connectivity index (χ4v) is 2.81. The number of imidazole rings is 1. The smallest absolute Gasteiger partial charge is 0.349 e. The lowest BCUT2D eigenvalue weighted by atomic mass is 10.2. The van der Waals surface area contributed by atoms with Crippen molar-refractivity contribution in [1.29, 1.82) is 0 Å². The maximum Gasteiger partial charge on any atom is 0.349 e. The number of fused-ring (bicyclic) bond motifs is 2. The second-order valence-corrected chi connectivity index (χ2v) is 5.84. The molecule has 25 heavy (non-hydrogen) atoms. The van der Waals surface area contributed by atoms with Crippen molar-refractivity contribution in [2.24, 2.45) is 0 Å². The van der Waals surface area contributed by atoms with Gasteiger partial charge in [-0.05, 0) is 38.1 Å². The van der Waals surface area contributed by atoms with E-state index in [2.05, 4.69) is 10.3 Å². The van der Waals surface area contributed by atoms with Crippen LogP contribution in [0.2, 0.25) is 0 Å². The number of hydrogen-bond acceptors (Lipinski definition) is 4. The summed E-state index contributed by atoms with van der Waals surface area (Å²) in [4.78, 5) is 29.2.